The van der Waals surface area contributed by atoms with E-state index in [1.165, 1.54) is 6.92 Å². The number of aliphatic carboxylic acids is 1. The van der Waals surface area contributed by atoms with Crippen LogP contribution in [0.3, 0.4) is 0 Å². The van der Waals surface area contributed by atoms with Crippen LogP contribution in [0.2, 0.25) is 0 Å². The van der Waals surface area contributed by atoms with Crippen molar-refractivity contribution in [3.05, 3.63) is 0 Å². The molecule has 0 heterocycles. The monoisotopic (exact) mass is 219 g/mol. The van der Waals surface area contributed by atoms with Crippen LogP contribution in [0.25, 0.3) is 0 Å². The van der Waals surface area contributed by atoms with Gasteiger partial charge in [0.2, 0.25) is 0 Å². The topological polar surface area (TPSA) is 66.4 Å². The number of thioether (sulfide) groups is 1. The largest absolute Gasteiger partial charge is 0.481 e. The normalized spacial score (nSPS) is 12.4. The van der Waals surface area contributed by atoms with Crippen LogP contribution in [0, 0.1) is 0 Å². The first-order chi connectivity index (χ1) is 6.56. The molecule has 0 amide bonds. The van der Waals surface area contributed by atoms with Gasteiger partial charge in [-0.2, -0.15) is 0 Å². The molecule has 0 aromatic carbocycles. The smallest absolute Gasteiger partial charge is 0.305 e. The molecule has 0 aliphatic rings. The highest BCUT2D eigenvalue weighted by atomic mass is 32.2. The summed E-state index contributed by atoms with van der Waals surface area (Å²) in [5.74, 6) is 0.0928. The molecule has 0 saturated carbocycles. The lowest BCUT2D eigenvalue weighted by atomic mass is 10.4. The number of ketones is 1. The molecule has 0 bridgehead atoms. The molecule has 0 aliphatic heterocycles. The molecule has 1 unspecified atom stereocenters. The second-order valence-corrected chi connectivity index (χ2v) is 4.35. The predicted octanol–water partition coefficient (Wildman–Crippen LogP) is 1.11. The number of hydrogen-bond donors (Lipinski definition) is 2. The molecule has 0 aromatic heterocycles. The Kier molecular flexibility index (Phi) is 7.51. The van der Waals surface area contributed by atoms with Gasteiger partial charge in [-0.1, -0.05) is 6.92 Å². The standard InChI is InChI=1S/C9H17NO3S/c1-3-4-14-8(5-9(12)13)10-6-7(2)11/h8,10H,3-6H2,1-2H3,(H,12,13). The van der Waals surface area contributed by atoms with Crippen molar-refractivity contribution in [1.29, 1.82) is 0 Å². The lowest BCUT2D eigenvalue weighted by Gasteiger charge is -2.14. The first-order valence-corrected chi connectivity index (χ1v) is 5.67. The van der Waals surface area contributed by atoms with Crippen LogP contribution in [0.5, 0.6) is 0 Å². The summed E-state index contributed by atoms with van der Waals surface area (Å²) in [6.07, 6.45) is 1.06. The summed E-state index contributed by atoms with van der Waals surface area (Å²) in [4.78, 5) is 21.2. The molecule has 0 aromatic rings. The van der Waals surface area contributed by atoms with Crippen molar-refractivity contribution in [2.75, 3.05) is 12.3 Å². The molecule has 0 rings (SSSR count). The number of carboxylic acid groups (broad SMARTS) is 1. The maximum atomic E-state index is 10.7. The molecular formula is C9H17NO3S. The Bertz CT molecular complexity index is 196. The first-order valence-electron chi connectivity index (χ1n) is 4.62. The number of carbonyl (C=O) groups excluding carboxylic acids is 1. The molecule has 4 nitrogen and oxygen atoms in total. The zero-order valence-electron chi connectivity index (χ0n) is 8.58. The fraction of sp³-hybridized carbons (Fsp3) is 0.778. The van der Waals surface area contributed by atoms with E-state index >= 15 is 0 Å². The van der Waals surface area contributed by atoms with Crippen molar-refractivity contribution in [1.82, 2.24) is 5.32 Å². The van der Waals surface area contributed by atoms with Gasteiger partial charge in [-0.15, -0.1) is 11.8 Å². The van der Waals surface area contributed by atoms with Crippen molar-refractivity contribution in [2.45, 2.75) is 32.1 Å². The molecule has 0 radical (unpaired) electrons. The molecule has 0 fully saturated rings. The number of nitrogens with one attached hydrogen (secondary N) is 1. The van der Waals surface area contributed by atoms with Gasteiger partial charge >= 0.3 is 5.97 Å². The number of carbonyl (C=O) groups is 2. The van der Waals surface area contributed by atoms with E-state index in [9.17, 15) is 9.59 Å². The van der Waals surface area contributed by atoms with Crippen molar-refractivity contribution in [3.63, 3.8) is 0 Å². The Hall–Kier alpha value is -0.550. The summed E-state index contributed by atoms with van der Waals surface area (Å²) in [7, 11) is 0. The molecule has 0 saturated heterocycles. The molecule has 1 atom stereocenters. The molecule has 0 spiro atoms. The number of carboxylic acids is 1. The van der Waals surface area contributed by atoms with Gasteiger partial charge < -0.3 is 5.11 Å². The highest BCUT2D eigenvalue weighted by Gasteiger charge is 2.12. The van der Waals surface area contributed by atoms with Crippen LogP contribution in [0.15, 0.2) is 0 Å². The van der Waals surface area contributed by atoms with Gasteiger partial charge in [0.05, 0.1) is 18.3 Å². The van der Waals surface area contributed by atoms with Crippen LogP contribution in [-0.2, 0) is 9.59 Å². The number of Topliss-reactive ketones (excluding diaryl/α,β-unsaturated/α-hetero) is 1. The van der Waals surface area contributed by atoms with Gasteiger partial charge in [0, 0.05) is 0 Å². The summed E-state index contributed by atoms with van der Waals surface area (Å²) in [5, 5.41) is 11.4. The summed E-state index contributed by atoms with van der Waals surface area (Å²) in [6, 6.07) is 0. The summed E-state index contributed by atoms with van der Waals surface area (Å²) in [6.45, 7) is 3.76. The van der Waals surface area contributed by atoms with Crippen LogP contribution in [0.4, 0.5) is 0 Å². The van der Waals surface area contributed by atoms with Crippen LogP contribution in [0.1, 0.15) is 26.7 Å². The SMILES string of the molecule is CCCSC(CC(=O)O)NCC(C)=O. The van der Waals surface area contributed by atoms with Crippen molar-refractivity contribution >= 4 is 23.5 Å². The van der Waals surface area contributed by atoms with Crippen LogP contribution >= 0.6 is 11.8 Å². The summed E-state index contributed by atoms with van der Waals surface area (Å²) >= 11 is 1.55. The van der Waals surface area contributed by atoms with Crippen molar-refractivity contribution in [2.24, 2.45) is 0 Å². The van der Waals surface area contributed by atoms with E-state index in [0.29, 0.717) is 0 Å². The third kappa shape index (κ3) is 8.07. The summed E-state index contributed by atoms with van der Waals surface area (Å²) in [5.41, 5.74) is 0. The Balaban J connectivity index is 3.83. The van der Waals surface area contributed by atoms with Gasteiger partial charge in [-0.25, -0.2) is 0 Å². The third-order valence-corrected chi connectivity index (χ3v) is 2.84. The molecule has 14 heavy (non-hydrogen) atoms. The third-order valence-electron chi connectivity index (χ3n) is 1.46. The zero-order valence-corrected chi connectivity index (χ0v) is 9.39. The minimum Gasteiger partial charge on any atom is -0.481 e. The highest BCUT2D eigenvalue weighted by Crippen LogP contribution is 2.12. The van der Waals surface area contributed by atoms with Gasteiger partial charge in [-0.05, 0) is 19.1 Å². The average Bonchev–Trinajstić information content (AvgIpc) is 2.09. The van der Waals surface area contributed by atoms with Gasteiger partial charge in [0.15, 0.2) is 0 Å². The van der Waals surface area contributed by atoms with E-state index < -0.39 is 5.97 Å². The minimum absolute atomic E-state index is 0.0255. The maximum absolute atomic E-state index is 10.7. The van der Waals surface area contributed by atoms with E-state index in [0.717, 1.165) is 12.2 Å². The van der Waals surface area contributed by atoms with Gasteiger partial charge in [-0.3, -0.25) is 14.9 Å². The lowest BCUT2D eigenvalue weighted by Crippen LogP contribution is -2.32. The van der Waals surface area contributed by atoms with Crippen molar-refractivity contribution < 1.29 is 14.7 Å². The van der Waals surface area contributed by atoms with E-state index in [2.05, 4.69) is 5.32 Å². The molecule has 82 valence electrons. The number of rotatable bonds is 8. The molecule has 2 N–H and O–H groups in total. The molecule has 0 aliphatic carbocycles. The van der Waals surface area contributed by atoms with Gasteiger partial charge in [0.25, 0.3) is 0 Å². The van der Waals surface area contributed by atoms with Gasteiger partial charge in [0.1, 0.15) is 5.78 Å². The van der Waals surface area contributed by atoms with E-state index in [1.807, 2.05) is 6.92 Å². The maximum Gasteiger partial charge on any atom is 0.305 e. The predicted molar refractivity (Wildman–Crippen MR) is 57.5 cm³/mol. The second-order valence-electron chi connectivity index (χ2n) is 3.04. The number of hydrogen-bond acceptors (Lipinski definition) is 4. The molecule has 5 heteroatoms. The average molecular weight is 219 g/mol. The van der Waals surface area contributed by atoms with E-state index in [1.54, 1.807) is 11.8 Å². The summed E-state index contributed by atoms with van der Waals surface area (Å²) < 4.78 is 0. The Labute approximate surface area is 88.4 Å². The first kappa shape index (κ1) is 13.4. The Morgan fingerprint density at radius 3 is 2.57 bits per heavy atom. The minimum atomic E-state index is -0.838. The Morgan fingerprint density at radius 1 is 1.50 bits per heavy atom. The van der Waals surface area contributed by atoms with E-state index in [4.69, 9.17) is 5.11 Å². The highest BCUT2D eigenvalue weighted by molar-refractivity contribution is 7.99. The Morgan fingerprint density at radius 2 is 2.14 bits per heavy atom. The fourth-order valence-electron chi connectivity index (χ4n) is 0.866. The quantitative estimate of drug-likeness (QED) is 0.599. The fourth-order valence-corrected chi connectivity index (χ4v) is 1.85. The lowest BCUT2D eigenvalue weighted by molar-refractivity contribution is -0.137. The van der Waals surface area contributed by atoms with Crippen LogP contribution in [-0.4, -0.2) is 34.5 Å². The van der Waals surface area contributed by atoms with Crippen molar-refractivity contribution in [3.8, 4) is 0 Å². The zero-order chi connectivity index (χ0) is 11.0. The molecular weight excluding hydrogens is 202 g/mol. The second kappa shape index (κ2) is 7.82. The van der Waals surface area contributed by atoms with E-state index in [-0.39, 0.29) is 24.1 Å². The van der Waals surface area contributed by atoms with Crippen LogP contribution < -0.4 is 5.32 Å².